The molecule has 25 aromatic rings. The van der Waals surface area contributed by atoms with E-state index in [1.165, 1.54) is 63.8 Å². The smallest absolute Gasteiger partial charge is 0.234 e. The van der Waals surface area contributed by atoms with Gasteiger partial charge in [-0.25, -0.2) is 0 Å². The van der Waals surface area contributed by atoms with Gasteiger partial charge in [0.05, 0.1) is 90.0 Å². The largest absolute Gasteiger partial charge is 0.395 e. The van der Waals surface area contributed by atoms with E-state index in [9.17, 15) is 5.11 Å². The number of nitrogens with two attached hydrogens (primary N) is 2. The molecular formula is C101H100N40O2S5. The van der Waals surface area contributed by atoms with Crippen LogP contribution >= 0.6 is 56.7 Å². The van der Waals surface area contributed by atoms with Crippen LogP contribution in [0.3, 0.4) is 0 Å². The summed E-state index contributed by atoms with van der Waals surface area (Å²) >= 11 is 7.61. The maximum absolute atomic E-state index is 9.73. The molecule has 746 valence electrons. The topological polar surface area (TPSA) is 498 Å². The molecular weight excluding hydrogens is 1970 g/mol. The number of nitrogens with one attached hydrogen (secondary N) is 3. The predicted octanol–water partition coefficient (Wildman–Crippen LogP) is 12.9. The van der Waals surface area contributed by atoms with Gasteiger partial charge in [-0.05, 0) is 152 Å². The summed E-state index contributed by atoms with van der Waals surface area (Å²) in [6, 6.07) is 41.5. The number of aliphatic hydroxyl groups is 2. The summed E-state index contributed by atoms with van der Waals surface area (Å²) in [4.78, 5) is 26.9. The Labute approximate surface area is 863 Å². The summed E-state index contributed by atoms with van der Waals surface area (Å²) in [7, 11) is 9.54. The maximum atomic E-state index is 9.73. The lowest BCUT2D eigenvalue weighted by molar-refractivity contribution is 0.163. The number of hydrogen-bond donors (Lipinski definition) is 7. The van der Waals surface area contributed by atoms with E-state index < -0.39 is 12.1 Å². The highest BCUT2D eigenvalue weighted by Gasteiger charge is 2.27. The molecule has 0 bridgehead atoms. The highest BCUT2D eigenvalue weighted by atomic mass is 32.1. The molecule has 0 spiro atoms. The van der Waals surface area contributed by atoms with E-state index in [4.69, 9.17) is 21.7 Å². The molecule has 0 aliphatic heterocycles. The van der Waals surface area contributed by atoms with Crippen LogP contribution in [0.25, 0.3) is 135 Å². The third kappa shape index (κ3) is 21.7. The van der Waals surface area contributed by atoms with Gasteiger partial charge in [0.1, 0.15) is 25.0 Å². The third-order valence-electron chi connectivity index (χ3n) is 25.1. The van der Waals surface area contributed by atoms with Crippen LogP contribution in [0.2, 0.25) is 0 Å². The first-order valence-corrected chi connectivity index (χ1v) is 52.1. The Bertz CT molecular complexity index is 9040. The quantitative estimate of drug-likeness (QED) is 0.0177. The lowest BCUT2D eigenvalue weighted by atomic mass is 9.86. The molecule has 1 fully saturated rings. The van der Waals surface area contributed by atoms with Crippen molar-refractivity contribution in [1.82, 2.24) is 189 Å². The number of nitrogens with zero attached hydrogens (tertiary/aromatic N) is 35. The highest BCUT2D eigenvalue weighted by Crippen LogP contribution is 2.39. The van der Waals surface area contributed by atoms with Crippen molar-refractivity contribution < 1.29 is 10.2 Å². The first-order valence-electron chi connectivity index (χ1n) is 48.0. The Morgan fingerprint density at radius 3 is 0.932 bits per heavy atom. The molecule has 1 saturated carbocycles. The minimum Gasteiger partial charge on any atom is -0.395 e. The second kappa shape index (κ2) is 42.6. The molecule has 26 rings (SSSR count). The normalized spacial score (nSPS) is 12.9. The zero-order valence-corrected chi connectivity index (χ0v) is 85.7. The van der Waals surface area contributed by atoms with E-state index in [0.29, 0.717) is 67.6 Å². The Kier molecular flexibility index (Phi) is 27.9. The van der Waals surface area contributed by atoms with Gasteiger partial charge in [0, 0.05) is 237 Å². The average Bonchev–Trinajstić information content (AvgIpc) is 1.62. The number of benzene rings is 5. The first kappa shape index (κ1) is 96.8. The van der Waals surface area contributed by atoms with Crippen LogP contribution in [-0.2, 0) is 87.0 Å². The summed E-state index contributed by atoms with van der Waals surface area (Å²) in [5, 5.41) is 126. The van der Waals surface area contributed by atoms with Crippen molar-refractivity contribution >= 4 is 136 Å². The number of rotatable bonds is 28. The maximum Gasteiger partial charge on any atom is 0.234 e. The fourth-order valence-corrected chi connectivity index (χ4v) is 21.6. The molecule has 1 aliphatic carbocycles. The number of aliphatic hydroxyl groups excluding tert-OH is 2. The predicted molar refractivity (Wildman–Crippen MR) is 569 cm³/mol. The van der Waals surface area contributed by atoms with E-state index in [0.717, 1.165) is 209 Å². The summed E-state index contributed by atoms with van der Waals surface area (Å²) in [5.41, 5.74) is 32.7. The van der Waals surface area contributed by atoms with Gasteiger partial charge in [-0.3, -0.25) is 53.6 Å². The second-order valence-electron chi connectivity index (χ2n) is 36.3. The van der Waals surface area contributed by atoms with Gasteiger partial charge in [-0.2, -0.15) is 73.6 Å². The first-order chi connectivity index (χ1) is 72.1. The lowest BCUT2D eigenvalue weighted by Gasteiger charge is -2.21. The summed E-state index contributed by atoms with van der Waals surface area (Å²) in [5.74, 6) is 4.68. The van der Waals surface area contributed by atoms with Crippen molar-refractivity contribution in [1.29, 1.82) is 0 Å². The van der Waals surface area contributed by atoms with E-state index in [1.54, 1.807) is 62.0 Å². The zero-order valence-electron chi connectivity index (χ0n) is 81.7. The Hall–Kier alpha value is -15.9. The molecule has 1 aliphatic rings. The molecule has 0 amide bonds. The van der Waals surface area contributed by atoms with E-state index in [-0.39, 0.29) is 12.8 Å². The molecule has 20 heterocycles. The molecule has 3 atom stereocenters. The van der Waals surface area contributed by atoms with Crippen LogP contribution < -0.4 is 27.4 Å². The SMILES string of the molecule is CCNCc1nn2c(Cc3ccc4ncc(-c5cnn(C)c5)cc4c3)nnc2s1.C[C@@H](N)NCc1nn2c(Cc3ccc4ncc(-c5cnn(C)c5)cc4c3)nnc2s1.C[C@@H](O)[C@@H](N)c1nn2c(Cc3ccc4ncc(-c5cnn(C)c5)cc4c3)nnc2s1.Cn1cc(-c2cnc3ccc(Cc4nnc5sc(C6CCC6)nn45)cc3c2)cn1.Cn1cc(-c2cnc3ccc(Cc4nnc5sc(CNCCO)nn45)cc3c2)cn1. The fourth-order valence-electron chi connectivity index (χ4n) is 17.1. The van der Waals surface area contributed by atoms with E-state index in [1.807, 2.05) is 179 Å². The van der Waals surface area contributed by atoms with Crippen LogP contribution in [0.1, 0.15) is 134 Å². The van der Waals surface area contributed by atoms with Crippen molar-refractivity contribution in [2.75, 3.05) is 19.7 Å². The fraction of sp³-hybridized carbons (Fsp3) is 0.257. The molecule has 0 radical (unpaired) electrons. The minimum absolute atomic E-state index is 0.0819. The van der Waals surface area contributed by atoms with Crippen molar-refractivity contribution in [2.45, 2.75) is 116 Å². The van der Waals surface area contributed by atoms with Gasteiger partial charge in [0.15, 0.2) is 29.1 Å². The summed E-state index contributed by atoms with van der Waals surface area (Å²) in [6.45, 7) is 9.17. The number of fused-ring (bicyclic) bond motifs is 10. The van der Waals surface area contributed by atoms with Gasteiger partial charge in [-0.15, -0.1) is 51.0 Å². The van der Waals surface area contributed by atoms with E-state index >= 15 is 0 Å². The van der Waals surface area contributed by atoms with Crippen LogP contribution in [-0.4, -0.2) is 215 Å². The van der Waals surface area contributed by atoms with Gasteiger partial charge in [0.25, 0.3) is 0 Å². The van der Waals surface area contributed by atoms with Gasteiger partial charge in [0.2, 0.25) is 24.8 Å². The minimum atomic E-state index is -0.681. The Morgan fingerprint density at radius 2 is 0.649 bits per heavy atom. The average molecular weight is 2070 g/mol. The monoisotopic (exact) mass is 2060 g/mol. The molecule has 42 nitrogen and oxygen atoms in total. The number of hydrogen-bond acceptors (Lipinski definition) is 37. The van der Waals surface area contributed by atoms with Gasteiger partial charge < -0.3 is 32.3 Å². The van der Waals surface area contributed by atoms with Crippen LogP contribution in [0.5, 0.6) is 0 Å². The molecule has 47 heteroatoms. The zero-order chi connectivity index (χ0) is 101. The summed E-state index contributed by atoms with van der Waals surface area (Å²) in [6.07, 6.45) is 34.8. The van der Waals surface area contributed by atoms with Crippen LogP contribution in [0, 0.1) is 0 Å². The van der Waals surface area contributed by atoms with Crippen molar-refractivity contribution in [3.63, 3.8) is 0 Å². The lowest BCUT2D eigenvalue weighted by Crippen LogP contribution is -2.33. The molecule has 0 unspecified atom stereocenters. The number of aromatic nitrogens is 35. The Balaban J connectivity index is 0.000000105. The molecule has 5 aromatic carbocycles. The third-order valence-corrected chi connectivity index (χ3v) is 29.8. The van der Waals surface area contributed by atoms with Gasteiger partial charge >= 0.3 is 0 Å². The van der Waals surface area contributed by atoms with E-state index in [2.05, 4.69) is 236 Å². The van der Waals surface area contributed by atoms with Crippen molar-refractivity contribution in [3.05, 3.63) is 296 Å². The standard InChI is InChI=1S/C21H19N7S.C20H21N9S.2C20H20N8OS.C20H20N8S/c1-27-12-17(11-23-27)16-9-15-7-13(5-6-18(15)22-10-16)8-19-24-25-21-28(19)26-20(29-21)14-3-2-4-14;1-12(21)22-10-19-27-29-18(25-26-20(29)30-19)6-13-3-4-17-14(5-13)7-15(8-23-17)16-9-24-28(2)11-16;1-11(29)18(21)19-26-28-17(24-25-20(28)30-19)6-12-3-4-16-13(5-12)7-14(8-22-16)15-9-23-27(2)10-15;1-27-12-16(10-23-27)15-8-14-6-13(2-3-17(14)22-9-15)7-18-24-25-20-28(18)26-19(30-20)11-21-4-5-29;1-3-21-11-19-26-28-18(24-25-20(28)29-19)7-13-4-5-17-14(6-13)8-15(9-22-17)16-10-23-27(2)12-16/h5-7,9-12,14H,2-4,8H2,1H3;3-5,7-9,11-12,22H,6,10,21H2,1-2H3;3-5,7-11,18,29H,6,21H2,1-2H3;2-3,6,8-10,12,21,29H,4-5,7,11H2,1H3;4-6,8-10,12,21H,3,7,11H2,1-2H3/t;12-;11-,18-;;/m.01../s1. The van der Waals surface area contributed by atoms with Crippen LogP contribution in [0.4, 0.5) is 0 Å². The van der Waals surface area contributed by atoms with Crippen molar-refractivity contribution in [3.8, 4) is 55.6 Å². The molecule has 20 aromatic heterocycles. The van der Waals surface area contributed by atoms with Crippen LogP contribution in [0.15, 0.2) is 214 Å². The van der Waals surface area contributed by atoms with Crippen molar-refractivity contribution in [2.24, 2.45) is 46.7 Å². The molecule has 148 heavy (non-hydrogen) atoms. The molecule has 0 saturated heterocycles. The Morgan fingerprint density at radius 1 is 0.351 bits per heavy atom. The number of aryl methyl sites for hydroxylation is 5. The van der Waals surface area contributed by atoms with Gasteiger partial charge in [-0.1, -0.05) is 100 Å². The second-order valence-corrected chi connectivity index (χ2v) is 41.4. The number of pyridine rings is 5. The highest BCUT2D eigenvalue weighted by molar-refractivity contribution is 7.18. The summed E-state index contributed by atoms with van der Waals surface area (Å²) < 4.78 is 18.1. The molecule has 9 N–H and O–H groups in total.